The Bertz CT molecular complexity index is 449. The van der Waals surface area contributed by atoms with Crippen molar-refractivity contribution in [3.05, 3.63) is 47.5 Å². The molecule has 2 nitrogen and oxygen atoms in total. The molecule has 0 saturated carbocycles. The molecular formula is C17H24O2. The van der Waals surface area contributed by atoms with Gasteiger partial charge in [0, 0.05) is 5.92 Å². The summed E-state index contributed by atoms with van der Waals surface area (Å²) >= 11 is 0. The minimum absolute atomic E-state index is 0.187. The second kappa shape index (κ2) is 6.05. The Balaban J connectivity index is 2.67. The summed E-state index contributed by atoms with van der Waals surface area (Å²) in [6.45, 7) is 13.8. The lowest BCUT2D eigenvalue weighted by atomic mass is 9.94. The average Bonchev–Trinajstić information content (AvgIpc) is 2.26. The van der Waals surface area contributed by atoms with Crippen LogP contribution in [0.2, 0.25) is 0 Å². The number of esters is 1. The summed E-state index contributed by atoms with van der Waals surface area (Å²) in [5.41, 5.74) is 2.91. The zero-order valence-electron chi connectivity index (χ0n) is 12.6. The van der Waals surface area contributed by atoms with Crippen molar-refractivity contribution in [1.29, 1.82) is 0 Å². The first-order valence-corrected chi connectivity index (χ1v) is 6.65. The lowest BCUT2D eigenvalue weighted by Gasteiger charge is -2.19. The van der Waals surface area contributed by atoms with Gasteiger partial charge in [-0.05, 0) is 38.8 Å². The molecule has 1 rings (SSSR count). The number of allylic oxidation sites excluding steroid dienone is 1. The molecule has 0 aliphatic heterocycles. The van der Waals surface area contributed by atoms with Gasteiger partial charge in [-0.1, -0.05) is 43.3 Å². The SMILES string of the molecule is C=C(C)C(C)c1ccc(CC(=O)OC(C)(C)C)cc1. The summed E-state index contributed by atoms with van der Waals surface area (Å²) < 4.78 is 5.30. The van der Waals surface area contributed by atoms with Crippen LogP contribution >= 0.6 is 0 Å². The minimum atomic E-state index is -0.425. The second-order valence-corrected chi connectivity index (χ2v) is 6.07. The highest BCUT2D eigenvalue weighted by molar-refractivity contribution is 5.73. The summed E-state index contributed by atoms with van der Waals surface area (Å²) in [5.74, 6) is 0.156. The molecule has 0 spiro atoms. The molecule has 0 aliphatic rings. The largest absolute Gasteiger partial charge is 0.460 e. The van der Waals surface area contributed by atoms with Gasteiger partial charge >= 0.3 is 5.97 Å². The van der Waals surface area contributed by atoms with E-state index in [-0.39, 0.29) is 5.97 Å². The molecule has 1 aromatic carbocycles. The van der Waals surface area contributed by atoms with Crippen LogP contribution in [0.1, 0.15) is 51.7 Å². The van der Waals surface area contributed by atoms with Gasteiger partial charge < -0.3 is 4.74 Å². The third-order valence-electron chi connectivity index (χ3n) is 2.99. The van der Waals surface area contributed by atoms with Crippen molar-refractivity contribution in [2.24, 2.45) is 0 Å². The van der Waals surface area contributed by atoms with Crippen molar-refractivity contribution in [3.63, 3.8) is 0 Å². The Morgan fingerprint density at radius 2 is 1.79 bits per heavy atom. The van der Waals surface area contributed by atoms with Crippen molar-refractivity contribution in [2.75, 3.05) is 0 Å². The Hall–Kier alpha value is -1.57. The molecule has 0 heterocycles. The van der Waals surface area contributed by atoms with E-state index < -0.39 is 5.60 Å². The van der Waals surface area contributed by atoms with Gasteiger partial charge in [0.25, 0.3) is 0 Å². The van der Waals surface area contributed by atoms with E-state index in [2.05, 4.69) is 25.6 Å². The molecule has 1 atom stereocenters. The maximum atomic E-state index is 11.7. The van der Waals surface area contributed by atoms with Gasteiger partial charge in [0.05, 0.1) is 6.42 Å². The van der Waals surface area contributed by atoms with Crippen molar-refractivity contribution in [1.82, 2.24) is 0 Å². The molecule has 104 valence electrons. The van der Waals surface area contributed by atoms with Crippen LogP contribution in [-0.4, -0.2) is 11.6 Å². The fraction of sp³-hybridized carbons (Fsp3) is 0.471. The molecule has 0 saturated heterocycles. The molecule has 0 fully saturated rings. The van der Waals surface area contributed by atoms with Gasteiger partial charge in [-0.15, -0.1) is 0 Å². The maximum Gasteiger partial charge on any atom is 0.310 e. The van der Waals surface area contributed by atoms with E-state index in [1.807, 2.05) is 39.8 Å². The number of carbonyl (C=O) groups excluding carboxylic acids is 1. The van der Waals surface area contributed by atoms with Crippen LogP contribution in [0.25, 0.3) is 0 Å². The maximum absolute atomic E-state index is 11.7. The first kappa shape index (κ1) is 15.5. The molecule has 0 amide bonds. The Kier molecular flexibility index (Phi) is 4.93. The van der Waals surface area contributed by atoms with Gasteiger partial charge in [-0.3, -0.25) is 4.79 Å². The Labute approximate surface area is 116 Å². The highest BCUT2D eigenvalue weighted by Gasteiger charge is 2.16. The van der Waals surface area contributed by atoms with E-state index in [1.54, 1.807) is 0 Å². The number of benzene rings is 1. The molecule has 0 aliphatic carbocycles. The number of hydrogen-bond acceptors (Lipinski definition) is 2. The summed E-state index contributed by atoms with van der Waals surface area (Å²) in [6.07, 6.45) is 0.318. The fourth-order valence-corrected chi connectivity index (χ4v) is 1.75. The summed E-state index contributed by atoms with van der Waals surface area (Å²) in [5, 5.41) is 0. The van der Waals surface area contributed by atoms with Crippen LogP contribution in [0, 0.1) is 0 Å². The summed E-state index contributed by atoms with van der Waals surface area (Å²) in [7, 11) is 0. The first-order valence-electron chi connectivity index (χ1n) is 6.65. The van der Waals surface area contributed by atoms with Crippen LogP contribution in [0.5, 0.6) is 0 Å². The lowest BCUT2D eigenvalue weighted by molar-refractivity contribution is -0.153. The van der Waals surface area contributed by atoms with Crippen LogP contribution < -0.4 is 0 Å². The zero-order chi connectivity index (χ0) is 14.6. The quantitative estimate of drug-likeness (QED) is 0.597. The van der Waals surface area contributed by atoms with Gasteiger partial charge in [-0.2, -0.15) is 0 Å². The number of rotatable bonds is 4. The van der Waals surface area contributed by atoms with Gasteiger partial charge in [-0.25, -0.2) is 0 Å². The molecule has 0 aromatic heterocycles. The van der Waals surface area contributed by atoms with E-state index >= 15 is 0 Å². The Morgan fingerprint density at radius 1 is 1.26 bits per heavy atom. The van der Waals surface area contributed by atoms with Gasteiger partial charge in [0.15, 0.2) is 0 Å². The highest BCUT2D eigenvalue weighted by atomic mass is 16.6. The van der Waals surface area contributed by atoms with Crippen molar-refractivity contribution >= 4 is 5.97 Å². The predicted octanol–water partition coefficient (Wildman–Crippen LogP) is 4.25. The van der Waals surface area contributed by atoms with Crippen LogP contribution in [0.3, 0.4) is 0 Å². The van der Waals surface area contributed by atoms with Gasteiger partial charge in [0.2, 0.25) is 0 Å². The molecule has 2 heteroatoms. The predicted molar refractivity (Wildman–Crippen MR) is 79.2 cm³/mol. The molecular weight excluding hydrogens is 236 g/mol. The number of carbonyl (C=O) groups is 1. The molecule has 1 unspecified atom stereocenters. The minimum Gasteiger partial charge on any atom is -0.460 e. The molecule has 0 radical (unpaired) electrons. The first-order chi connectivity index (χ1) is 8.69. The number of hydrogen-bond donors (Lipinski definition) is 0. The molecule has 1 aromatic rings. The van der Waals surface area contributed by atoms with E-state index in [1.165, 1.54) is 5.56 Å². The monoisotopic (exact) mass is 260 g/mol. The highest BCUT2D eigenvalue weighted by Crippen LogP contribution is 2.22. The van der Waals surface area contributed by atoms with E-state index in [9.17, 15) is 4.79 Å². The lowest BCUT2D eigenvalue weighted by Crippen LogP contribution is -2.24. The van der Waals surface area contributed by atoms with Crippen LogP contribution in [0.4, 0.5) is 0 Å². The molecule has 19 heavy (non-hydrogen) atoms. The van der Waals surface area contributed by atoms with Crippen molar-refractivity contribution in [2.45, 2.75) is 52.6 Å². The third kappa shape index (κ3) is 5.29. The van der Waals surface area contributed by atoms with E-state index in [0.29, 0.717) is 12.3 Å². The Morgan fingerprint density at radius 3 is 2.21 bits per heavy atom. The van der Waals surface area contributed by atoms with E-state index in [4.69, 9.17) is 4.74 Å². The van der Waals surface area contributed by atoms with Crippen LogP contribution in [-0.2, 0) is 16.0 Å². The zero-order valence-corrected chi connectivity index (χ0v) is 12.6. The number of ether oxygens (including phenoxy) is 1. The van der Waals surface area contributed by atoms with E-state index in [0.717, 1.165) is 11.1 Å². The molecule has 0 bridgehead atoms. The topological polar surface area (TPSA) is 26.3 Å². The van der Waals surface area contributed by atoms with Crippen LogP contribution in [0.15, 0.2) is 36.4 Å². The second-order valence-electron chi connectivity index (χ2n) is 6.07. The normalized spacial score (nSPS) is 12.9. The standard InChI is InChI=1S/C17H24O2/c1-12(2)13(3)15-9-7-14(8-10-15)11-16(18)19-17(4,5)6/h7-10,13H,1,11H2,2-6H3. The summed E-state index contributed by atoms with van der Waals surface area (Å²) in [4.78, 5) is 11.7. The van der Waals surface area contributed by atoms with Crippen molar-refractivity contribution in [3.8, 4) is 0 Å². The third-order valence-corrected chi connectivity index (χ3v) is 2.99. The van der Waals surface area contributed by atoms with Gasteiger partial charge in [0.1, 0.15) is 5.60 Å². The average molecular weight is 260 g/mol. The smallest absolute Gasteiger partial charge is 0.310 e. The van der Waals surface area contributed by atoms with Crippen molar-refractivity contribution < 1.29 is 9.53 Å². The summed E-state index contributed by atoms with van der Waals surface area (Å²) in [6, 6.07) is 8.08. The fourth-order valence-electron chi connectivity index (χ4n) is 1.75. The molecule has 0 N–H and O–H groups in total.